The minimum atomic E-state index is 0.183. The van der Waals surface area contributed by atoms with Crippen LogP contribution in [0.4, 0.5) is 0 Å². The summed E-state index contributed by atoms with van der Waals surface area (Å²) in [5.41, 5.74) is 1.97. The van der Waals surface area contributed by atoms with E-state index in [0.717, 1.165) is 50.2 Å². The van der Waals surface area contributed by atoms with Crippen LogP contribution in [0.25, 0.3) is 0 Å². The second-order valence-electron chi connectivity index (χ2n) is 4.28. The van der Waals surface area contributed by atoms with Gasteiger partial charge in [-0.2, -0.15) is 4.98 Å². The van der Waals surface area contributed by atoms with Crippen LogP contribution in [0.5, 0.6) is 6.01 Å². The van der Waals surface area contributed by atoms with E-state index in [2.05, 4.69) is 34.3 Å². The van der Waals surface area contributed by atoms with Crippen molar-refractivity contribution in [3.63, 3.8) is 0 Å². The van der Waals surface area contributed by atoms with Crippen molar-refractivity contribution in [3.05, 3.63) is 11.4 Å². The molecule has 0 bridgehead atoms. The summed E-state index contributed by atoms with van der Waals surface area (Å²) in [6.07, 6.45) is 4.13. The topological polar surface area (TPSA) is 59.9 Å². The zero-order chi connectivity index (χ0) is 12.1. The molecule has 0 amide bonds. The highest BCUT2D eigenvalue weighted by molar-refractivity contribution is 5.12. The van der Waals surface area contributed by atoms with Crippen molar-refractivity contribution in [2.45, 2.75) is 45.6 Å². The second-order valence-corrected chi connectivity index (χ2v) is 4.28. The molecule has 5 heteroatoms. The van der Waals surface area contributed by atoms with E-state index < -0.39 is 0 Å². The molecule has 0 aromatic carbocycles. The van der Waals surface area contributed by atoms with E-state index in [1.54, 1.807) is 0 Å². The molecule has 1 aliphatic rings. The lowest BCUT2D eigenvalue weighted by atomic mass is 10.1. The van der Waals surface area contributed by atoms with Gasteiger partial charge in [0.05, 0.1) is 11.4 Å². The maximum absolute atomic E-state index is 5.75. The molecule has 94 valence electrons. The first-order valence-electron chi connectivity index (χ1n) is 6.43. The third-order valence-electron chi connectivity index (χ3n) is 3.01. The zero-order valence-electron chi connectivity index (χ0n) is 10.6. The molecule has 2 heterocycles. The molecular weight excluding hydrogens is 216 g/mol. The Morgan fingerprint density at radius 2 is 2.06 bits per heavy atom. The predicted molar refractivity (Wildman–Crippen MR) is 65.1 cm³/mol. The van der Waals surface area contributed by atoms with Crippen LogP contribution in [0.15, 0.2) is 0 Å². The van der Waals surface area contributed by atoms with Gasteiger partial charge in [0, 0.05) is 6.54 Å². The Morgan fingerprint density at radius 1 is 1.24 bits per heavy atom. The molecule has 1 N–H and O–H groups in total. The molecule has 0 saturated carbocycles. The smallest absolute Gasteiger partial charge is 0.336 e. The van der Waals surface area contributed by atoms with E-state index in [9.17, 15) is 0 Å². The van der Waals surface area contributed by atoms with Gasteiger partial charge < -0.3 is 10.1 Å². The number of hydrogen-bond donors (Lipinski definition) is 1. The van der Waals surface area contributed by atoms with Gasteiger partial charge in [0.1, 0.15) is 6.10 Å². The molecule has 17 heavy (non-hydrogen) atoms. The Hall–Kier alpha value is -1.23. The molecule has 1 aromatic heterocycles. The van der Waals surface area contributed by atoms with E-state index in [1.807, 2.05) is 0 Å². The second kappa shape index (κ2) is 5.91. The summed E-state index contributed by atoms with van der Waals surface area (Å²) in [5.74, 6) is 0. The fourth-order valence-corrected chi connectivity index (χ4v) is 2.04. The summed E-state index contributed by atoms with van der Waals surface area (Å²) in [6, 6.07) is 0.424. The van der Waals surface area contributed by atoms with Gasteiger partial charge in [0.15, 0.2) is 0 Å². The Bertz CT molecular complexity index is 364. The Labute approximate surface area is 102 Å². The Kier molecular flexibility index (Phi) is 4.25. The van der Waals surface area contributed by atoms with Gasteiger partial charge in [0.2, 0.25) is 0 Å². The summed E-state index contributed by atoms with van der Waals surface area (Å²) in [5, 5.41) is 11.5. The molecule has 5 nitrogen and oxygen atoms in total. The standard InChI is InChI=1S/C12H20N4O/c1-3-10-11(4-2)15-16-12(14-10)17-9-6-5-7-13-8-9/h9,13H,3-8H2,1-2H3/t9-/m0/s1. The van der Waals surface area contributed by atoms with Crippen molar-refractivity contribution >= 4 is 0 Å². The molecule has 0 aliphatic carbocycles. The number of piperidine rings is 1. The predicted octanol–water partition coefficient (Wildman–Crippen LogP) is 1.13. The van der Waals surface area contributed by atoms with Crippen LogP contribution in [0.3, 0.4) is 0 Å². The van der Waals surface area contributed by atoms with Gasteiger partial charge in [-0.15, -0.1) is 5.10 Å². The molecule has 1 aliphatic heterocycles. The van der Waals surface area contributed by atoms with Crippen LogP contribution in [0.2, 0.25) is 0 Å². The van der Waals surface area contributed by atoms with Crippen LogP contribution < -0.4 is 10.1 Å². The zero-order valence-corrected chi connectivity index (χ0v) is 10.6. The molecule has 0 unspecified atom stereocenters. The summed E-state index contributed by atoms with van der Waals surface area (Å²) >= 11 is 0. The largest absolute Gasteiger partial charge is 0.458 e. The Morgan fingerprint density at radius 3 is 2.71 bits per heavy atom. The number of hydrogen-bond acceptors (Lipinski definition) is 5. The number of rotatable bonds is 4. The van der Waals surface area contributed by atoms with Gasteiger partial charge in [-0.3, -0.25) is 0 Å². The molecule has 1 aromatic rings. The number of ether oxygens (including phenoxy) is 1. The van der Waals surface area contributed by atoms with Crippen molar-refractivity contribution in [1.29, 1.82) is 0 Å². The van der Waals surface area contributed by atoms with Crippen molar-refractivity contribution < 1.29 is 4.74 Å². The lowest BCUT2D eigenvalue weighted by Gasteiger charge is -2.22. The summed E-state index contributed by atoms with van der Waals surface area (Å²) in [7, 11) is 0. The minimum absolute atomic E-state index is 0.183. The molecule has 0 spiro atoms. The van der Waals surface area contributed by atoms with Crippen LogP contribution in [-0.4, -0.2) is 34.4 Å². The Balaban J connectivity index is 2.05. The number of nitrogens with one attached hydrogen (secondary N) is 1. The van der Waals surface area contributed by atoms with E-state index in [1.165, 1.54) is 0 Å². The first-order valence-corrected chi connectivity index (χ1v) is 6.43. The van der Waals surface area contributed by atoms with E-state index in [-0.39, 0.29) is 6.10 Å². The molecule has 0 radical (unpaired) electrons. The highest BCUT2D eigenvalue weighted by atomic mass is 16.5. The molecule has 2 rings (SSSR count). The normalized spacial score (nSPS) is 20.2. The van der Waals surface area contributed by atoms with Gasteiger partial charge in [-0.05, 0) is 32.2 Å². The monoisotopic (exact) mass is 236 g/mol. The maximum Gasteiger partial charge on any atom is 0.336 e. The molecular formula is C12H20N4O. The number of aromatic nitrogens is 3. The van der Waals surface area contributed by atoms with Gasteiger partial charge in [0.25, 0.3) is 0 Å². The van der Waals surface area contributed by atoms with Gasteiger partial charge in [-0.25, -0.2) is 0 Å². The first-order chi connectivity index (χ1) is 8.33. The lowest BCUT2D eigenvalue weighted by molar-refractivity contribution is 0.150. The SMILES string of the molecule is CCc1nnc(O[C@H]2CCCNC2)nc1CC. The van der Waals surface area contributed by atoms with Crippen molar-refractivity contribution in [2.75, 3.05) is 13.1 Å². The van der Waals surface area contributed by atoms with Crippen molar-refractivity contribution in [3.8, 4) is 6.01 Å². The van der Waals surface area contributed by atoms with Gasteiger partial charge >= 0.3 is 6.01 Å². The van der Waals surface area contributed by atoms with E-state index in [0.29, 0.717) is 6.01 Å². The van der Waals surface area contributed by atoms with Gasteiger partial charge in [-0.1, -0.05) is 18.9 Å². The highest BCUT2D eigenvalue weighted by Gasteiger charge is 2.16. The molecule has 1 saturated heterocycles. The summed E-state index contributed by atoms with van der Waals surface area (Å²) in [4.78, 5) is 4.43. The van der Waals surface area contributed by atoms with Crippen molar-refractivity contribution in [2.24, 2.45) is 0 Å². The maximum atomic E-state index is 5.75. The highest BCUT2D eigenvalue weighted by Crippen LogP contribution is 2.12. The minimum Gasteiger partial charge on any atom is -0.458 e. The molecule has 1 fully saturated rings. The average molecular weight is 236 g/mol. The number of aryl methyl sites for hydroxylation is 2. The fourth-order valence-electron chi connectivity index (χ4n) is 2.04. The average Bonchev–Trinajstić information content (AvgIpc) is 2.40. The van der Waals surface area contributed by atoms with E-state index >= 15 is 0 Å². The van der Waals surface area contributed by atoms with Crippen LogP contribution in [0.1, 0.15) is 38.1 Å². The quantitative estimate of drug-likeness (QED) is 0.849. The van der Waals surface area contributed by atoms with E-state index in [4.69, 9.17) is 4.74 Å². The van der Waals surface area contributed by atoms with Crippen LogP contribution in [-0.2, 0) is 12.8 Å². The third-order valence-corrected chi connectivity index (χ3v) is 3.01. The van der Waals surface area contributed by atoms with Crippen LogP contribution >= 0.6 is 0 Å². The van der Waals surface area contributed by atoms with Crippen molar-refractivity contribution in [1.82, 2.24) is 20.5 Å². The van der Waals surface area contributed by atoms with Crippen LogP contribution in [0, 0.1) is 0 Å². The fraction of sp³-hybridized carbons (Fsp3) is 0.750. The lowest BCUT2D eigenvalue weighted by Crippen LogP contribution is -2.37. The third kappa shape index (κ3) is 3.12. The number of nitrogens with zero attached hydrogens (tertiary/aromatic N) is 3. The summed E-state index contributed by atoms with van der Waals surface area (Å²) in [6.45, 7) is 6.10. The molecule has 1 atom stereocenters. The summed E-state index contributed by atoms with van der Waals surface area (Å²) < 4.78 is 5.75. The first kappa shape index (κ1) is 12.2.